The lowest BCUT2D eigenvalue weighted by Crippen LogP contribution is -2.18. The molecule has 0 spiro atoms. The summed E-state index contributed by atoms with van der Waals surface area (Å²) < 4.78 is 16.3. The first-order valence-electron chi connectivity index (χ1n) is 6.85. The monoisotopic (exact) mass is 284 g/mol. The van der Waals surface area contributed by atoms with Crippen molar-refractivity contribution >= 4 is 5.97 Å². The summed E-state index contributed by atoms with van der Waals surface area (Å²) in [7, 11) is 0. The number of para-hydroxylation sites is 1. The Labute approximate surface area is 123 Å². The largest absolute Gasteiger partial charge is 0.486 e. The summed E-state index contributed by atoms with van der Waals surface area (Å²) in [5.74, 6) is 0.654. The Morgan fingerprint density at radius 1 is 1.10 bits per heavy atom. The minimum atomic E-state index is -0.405. The van der Waals surface area contributed by atoms with Crippen molar-refractivity contribution < 1.29 is 19.0 Å². The summed E-state index contributed by atoms with van der Waals surface area (Å²) in [4.78, 5) is 12.2. The molecule has 4 heteroatoms. The molecule has 1 aliphatic rings. The highest BCUT2D eigenvalue weighted by Gasteiger charge is 2.21. The first-order valence-corrected chi connectivity index (χ1v) is 6.85. The summed E-state index contributed by atoms with van der Waals surface area (Å²) in [6.45, 7) is 3.19. The minimum absolute atomic E-state index is 0.240. The van der Waals surface area contributed by atoms with E-state index in [9.17, 15) is 4.79 Å². The number of benzene rings is 2. The molecule has 0 amide bonds. The zero-order valence-electron chi connectivity index (χ0n) is 11.8. The molecule has 0 N–H and O–H groups in total. The lowest BCUT2D eigenvalue weighted by atomic mass is 10.1. The summed E-state index contributed by atoms with van der Waals surface area (Å²) in [5.41, 5.74) is 2.53. The van der Waals surface area contributed by atoms with Crippen molar-refractivity contribution in [3.63, 3.8) is 0 Å². The maximum Gasteiger partial charge on any atom is 0.342 e. The van der Waals surface area contributed by atoms with Crippen LogP contribution in [0.2, 0.25) is 0 Å². The van der Waals surface area contributed by atoms with Crippen LogP contribution in [0.4, 0.5) is 0 Å². The number of rotatable bonds is 3. The summed E-state index contributed by atoms with van der Waals surface area (Å²) >= 11 is 0. The second-order valence-corrected chi connectivity index (χ2v) is 4.89. The van der Waals surface area contributed by atoms with Gasteiger partial charge >= 0.3 is 5.97 Å². The predicted octanol–water partition coefficient (Wildman–Crippen LogP) is 3.12. The van der Waals surface area contributed by atoms with Crippen LogP contribution < -0.4 is 9.47 Å². The lowest BCUT2D eigenvalue weighted by Gasteiger charge is -2.20. The molecule has 2 aromatic rings. The van der Waals surface area contributed by atoms with Crippen molar-refractivity contribution in [2.45, 2.75) is 13.5 Å². The van der Waals surface area contributed by atoms with Gasteiger partial charge in [-0.2, -0.15) is 0 Å². The number of esters is 1. The number of ether oxygens (including phenoxy) is 3. The van der Waals surface area contributed by atoms with E-state index < -0.39 is 5.97 Å². The van der Waals surface area contributed by atoms with Crippen molar-refractivity contribution in [2.75, 3.05) is 13.2 Å². The molecular weight excluding hydrogens is 268 g/mol. The first-order chi connectivity index (χ1) is 10.2. The highest BCUT2D eigenvalue weighted by atomic mass is 16.6. The van der Waals surface area contributed by atoms with E-state index >= 15 is 0 Å². The molecule has 0 aromatic heterocycles. The molecule has 0 aliphatic carbocycles. The number of carbonyl (C=O) groups excluding carboxylic acids is 1. The Hall–Kier alpha value is -2.49. The number of fused-ring (bicyclic) bond motifs is 1. The van der Waals surface area contributed by atoms with Gasteiger partial charge < -0.3 is 14.2 Å². The van der Waals surface area contributed by atoms with Gasteiger partial charge in [0.25, 0.3) is 0 Å². The molecule has 0 saturated carbocycles. The highest BCUT2D eigenvalue weighted by Crippen LogP contribution is 2.34. The predicted molar refractivity (Wildman–Crippen MR) is 77.7 cm³/mol. The molecule has 2 aromatic carbocycles. The van der Waals surface area contributed by atoms with Gasteiger partial charge in [-0.3, -0.25) is 0 Å². The Morgan fingerprint density at radius 2 is 1.86 bits per heavy atom. The Kier molecular flexibility index (Phi) is 3.77. The molecule has 3 rings (SSSR count). The second kappa shape index (κ2) is 5.87. The smallest absolute Gasteiger partial charge is 0.342 e. The van der Waals surface area contributed by atoms with Crippen LogP contribution in [0.3, 0.4) is 0 Å². The van der Waals surface area contributed by atoms with E-state index in [2.05, 4.69) is 0 Å². The van der Waals surface area contributed by atoms with Crippen molar-refractivity contribution in [1.29, 1.82) is 0 Å². The summed E-state index contributed by atoms with van der Waals surface area (Å²) in [5, 5.41) is 0. The van der Waals surface area contributed by atoms with Crippen molar-refractivity contribution in [2.24, 2.45) is 0 Å². The van der Waals surface area contributed by atoms with Crippen LogP contribution in [0.25, 0.3) is 0 Å². The third-order valence-electron chi connectivity index (χ3n) is 3.28. The SMILES string of the molecule is Cc1ccc(COC(=O)c2cccc3c2OCCO3)cc1. The van der Waals surface area contributed by atoms with Crippen LogP contribution in [-0.2, 0) is 11.3 Å². The van der Waals surface area contributed by atoms with Gasteiger partial charge in [-0.15, -0.1) is 0 Å². The Morgan fingerprint density at radius 3 is 2.67 bits per heavy atom. The van der Waals surface area contributed by atoms with Gasteiger partial charge in [0.1, 0.15) is 25.4 Å². The minimum Gasteiger partial charge on any atom is -0.486 e. The van der Waals surface area contributed by atoms with Gasteiger partial charge in [0.05, 0.1) is 0 Å². The molecule has 0 saturated heterocycles. The van der Waals surface area contributed by atoms with Gasteiger partial charge in [-0.1, -0.05) is 35.9 Å². The molecule has 0 atom stereocenters. The van der Waals surface area contributed by atoms with E-state index in [1.807, 2.05) is 31.2 Å². The topological polar surface area (TPSA) is 44.8 Å². The third kappa shape index (κ3) is 2.99. The maximum absolute atomic E-state index is 12.2. The summed E-state index contributed by atoms with van der Waals surface area (Å²) in [6.07, 6.45) is 0. The number of hydrogen-bond donors (Lipinski definition) is 0. The molecule has 1 heterocycles. The van der Waals surface area contributed by atoms with Gasteiger partial charge in [-0.25, -0.2) is 4.79 Å². The van der Waals surface area contributed by atoms with Crippen molar-refractivity contribution in [1.82, 2.24) is 0 Å². The Balaban J connectivity index is 1.72. The van der Waals surface area contributed by atoms with Crippen LogP contribution in [0.1, 0.15) is 21.5 Å². The van der Waals surface area contributed by atoms with Crippen LogP contribution >= 0.6 is 0 Å². The fourth-order valence-corrected chi connectivity index (χ4v) is 2.15. The van der Waals surface area contributed by atoms with E-state index in [1.54, 1.807) is 18.2 Å². The molecule has 0 fully saturated rings. The second-order valence-electron chi connectivity index (χ2n) is 4.89. The standard InChI is InChI=1S/C17H16O4/c1-12-5-7-13(8-6-12)11-21-17(18)14-3-2-4-15-16(14)20-10-9-19-15/h2-8H,9-11H2,1H3. The highest BCUT2D eigenvalue weighted by molar-refractivity contribution is 5.93. The molecular formula is C17H16O4. The van der Waals surface area contributed by atoms with E-state index in [-0.39, 0.29) is 6.61 Å². The quantitative estimate of drug-likeness (QED) is 0.812. The van der Waals surface area contributed by atoms with E-state index in [1.165, 1.54) is 5.56 Å². The molecule has 0 unspecified atom stereocenters. The lowest BCUT2D eigenvalue weighted by molar-refractivity contribution is 0.0463. The van der Waals surface area contributed by atoms with Crippen LogP contribution in [0.5, 0.6) is 11.5 Å². The number of carbonyl (C=O) groups is 1. The van der Waals surface area contributed by atoms with E-state index in [4.69, 9.17) is 14.2 Å². The van der Waals surface area contributed by atoms with E-state index in [0.29, 0.717) is 30.3 Å². The van der Waals surface area contributed by atoms with Gasteiger partial charge in [0.2, 0.25) is 0 Å². The first kappa shape index (κ1) is 13.5. The van der Waals surface area contributed by atoms with Crippen LogP contribution in [0, 0.1) is 6.92 Å². The average Bonchev–Trinajstić information content (AvgIpc) is 2.53. The van der Waals surface area contributed by atoms with Gasteiger partial charge in [0, 0.05) is 0 Å². The average molecular weight is 284 g/mol. The Bertz CT molecular complexity index is 646. The zero-order chi connectivity index (χ0) is 14.7. The fourth-order valence-electron chi connectivity index (χ4n) is 2.15. The van der Waals surface area contributed by atoms with Crippen molar-refractivity contribution in [3.05, 3.63) is 59.2 Å². The van der Waals surface area contributed by atoms with Crippen molar-refractivity contribution in [3.8, 4) is 11.5 Å². The summed E-state index contributed by atoms with van der Waals surface area (Å²) in [6, 6.07) is 13.1. The fraction of sp³-hybridized carbons (Fsp3) is 0.235. The van der Waals surface area contributed by atoms with E-state index in [0.717, 1.165) is 5.56 Å². The van der Waals surface area contributed by atoms with Crippen LogP contribution in [-0.4, -0.2) is 19.2 Å². The molecule has 0 radical (unpaired) electrons. The molecule has 4 nitrogen and oxygen atoms in total. The third-order valence-corrected chi connectivity index (χ3v) is 3.28. The van der Waals surface area contributed by atoms with Gasteiger partial charge in [-0.05, 0) is 24.6 Å². The maximum atomic E-state index is 12.2. The zero-order valence-corrected chi connectivity index (χ0v) is 11.8. The molecule has 0 bridgehead atoms. The molecule has 1 aliphatic heterocycles. The van der Waals surface area contributed by atoms with Gasteiger partial charge in [0.15, 0.2) is 11.5 Å². The number of aryl methyl sites for hydroxylation is 1. The molecule has 108 valence electrons. The molecule has 21 heavy (non-hydrogen) atoms. The van der Waals surface area contributed by atoms with Crippen LogP contribution in [0.15, 0.2) is 42.5 Å². The normalized spacial score (nSPS) is 12.8. The number of hydrogen-bond acceptors (Lipinski definition) is 4.